The summed E-state index contributed by atoms with van der Waals surface area (Å²) < 4.78 is 42.9. The molecule has 5 nitrogen and oxygen atoms in total. The number of hydrogen-bond donors (Lipinski definition) is 1. The summed E-state index contributed by atoms with van der Waals surface area (Å²) in [7, 11) is 0. The molecule has 3 aromatic rings. The molecule has 2 heterocycles. The lowest BCUT2D eigenvalue weighted by molar-refractivity contribution is -0.137. The van der Waals surface area contributed by atoms with Crippen molar-refractivity contribution in [3.8, 4) is 0 Å². The van der Waals surface area contributed by atoms with Crippen molar-refractivity contribution in [2.24, 2.45) is 0 Å². The Kier molecular flexibility index (Phi) is 5.22. The average molecular weight is 394 g/mol. The first-order chi connectivity index (χ1) is 12.7. The molecule has 0 unspecified atom stereocenters. The average Bonchev–Trinajstić information content (AvgIpc) is 2.58. The summed E-state index contributed by atoms with van der Waals surface area (Å²) in [5, 5.41) is 3.67. The molecule has 140 valence electrons. The van der Waals surface area contributed by atoms with Crippen LogP contribution in [0, 0.1) is 0 Å². The van der Waals surface area contributed by atoms with Crippen molar-refractivity contribution in [2.75, 3.05) is 5.32 Å². The van der Waals surface area contributed by atoms with Crippen LogP contribution < -0.4 is 10.9 Å². The third-order valence-electron chi connectivity index (χ3n) is 3.59. The van der Waals surface area contributed by atoms with Gasteiger partial charge in [-0.1, -0.05) is 0 Å². The SMILES string of the molecule is CC(=O)Nc1ccc2c(CSc3ccc(C(F)(F)F)cn3)cc(=O)oc2c1. The molecule has 0 fully saturated rings. The van der Waals surface area contributed by atoms with Crippen LogP contribution in [0.15, 0.2) is 56.8 Å². The van der Waals surface area contributed by atoms with Gasteiger partial charge in [-0.3, -0.25) is 4.79 Å². The summed E-state index contributed by atoms with van der Waals surface area (Å²) in [5.74, 6) is 0.0664. The van der Waals surface area contributed by atoms with E-state index in [1.807, 2.05) is 0 Å². The van der Waals surface area contributed by atoms with Gasteiger partial charge in [0.1, 0.15) is 5.58 Å². The molecule has 27 heavy (non-hydrogen) atoms. The van der Waals surface area contributed by atoms with Crippen molar-refractivity contribution in [3.63, 3.8) is 0 Å². The van der Waals surface area contributed by atoms with E-state index in [-0.39, 0.29) is 5.91 Å². The van der Waals surface area contributed by atoms with E-state index in [4.69, 9.17) is 4.42 Å². The van der Waals surface area contributed by atoms with Gasteiger partial charge in [-0.25, -0.2) is 9.78 Å². The summed E-state index contributed by atoms with van der Waals surface area (Å²) in [6.07, 6.45) is -3.66. The number of nitrogens with one attached hydrogen (secondary N) is 1. The number of fused-ring (bicyclic) bond motifs is 1. The lowest BCUT2D eigenvalue weighted by atomic mass is 10.1. The zero-order valence-corrected chi connectivity index (χ0v) is 14.8. The number of carbonyl (C=O) groups excluding carboxylic acids is 1. The molecule has 3 rings (SSSR count). The molecule has 0 saturated carbocycles. The summed E-state index contributed by atoms with van der Waals surface area (Å²) in [6.45, 7) is 1.37. The number of carbonyl (C=O) groups is 1. The van der Waals surface area contributed by atoms with Crippen LogP contribution in [0.25, 0.3) is 11.0 Å². The molecule has 0 radical (unpaired) electrons. The Bertz CT molecular complexity index is 1050. The minimum Gasteiger partial charge on any atom is -0.423 e. The number of halogens is 3. The minimum atomic E-state index is -4.43. The second kappa shape index (κ2) is 7.43. The second-order valence-electron chi connectivity index (χ2n) is 5.65. The van der Waals surface area contributed by atoms with Crippen LogP contribution in [-0.2, 0) is 16.7 Å². The number of hydrogen-bond acceptors (Lipinski definition) is 5. The van der Waals surface area contributed by atoms with Gasteiger partial charge >= 0.3 is 11.8 Å². The number of benzene rings is 1. The third kappa shape index (κ3) is 4.68. The van der Waals surface area contributed by atoms with Gasteiger partial charge in [0.05, 0.1) is 10.6 Å². The highest BCUT2D eigenvalue weighted by Crippen LogP contribution is 2.31. The topological polar surface area (TPSA) is 72.2 Å². The number of anilines is 1. The number of thioether (sulfide) groups is 1. The van der Waals surface area contributed by atoms with E-state index in [0.717, 1.165) is 12.3 Å². The van der Waals surface area contributed by atoms with Gasteiger partial charge in [0.15, 0.2) is 0 Å². The molecule has 0 saturated heterocycles. The van der Waals surface area contributed by atoms with E-state index in [0.29, 0.717) is 33.0 Å². The van der Waals surface area contributed by atoms with Crippen molar-refractivity contribution in [2.45, 2.75) is 23.9 Å². The molecule has 1 N–H and O–H groups in total. The van der Waals surface area contributed by atoms with Gasteiger partial charge in [0.2, 0.25) is 5.91 Å². The highest BCUT2D eigenvalue weighted by Gasteiger charge is 2.30. The van der Waals surface area contributed by atoms with Gasteiger partial charge in [0.25, 0.3) is 0 Å². The summed E-state index contributed by atoms with van der Waals surface area (Å²) in [6, 6.07) is 8.51. The van der Waals surface area contributed by atoms with Crippen molar-refractivity contribution >= 4 is 34.3 Å². The third-order valence-corrected chi connectivity index (χ3v) is 4.58. The van der Waals surface area contributed by atoms with Gasteiger partial charge in [-0.05, 0) is 29.8 Å². The van der Waals surface area contributed by atoms with E-state index < -0.39 is 17.4 Å². The number of aromatic nitrogens is 1. The number of rotatable bonds is 4. The van der Waals surface area contributed by atoms with Gasteiger partial charge in [-0.15, -0.1) is 11.8 Å². The Balaban J connectivity index is 1.84. The smallest absolute Gasteiger partial charge is 0.417 e. The van der Waals surface area contributed by atoms with Gasteiger partial charge in [0, 0.05) is 42.1 Å². The fourth-order valence-electron chi connectivity index (χ4n) is 2.42. The molecule has 0 aliphatic rings. The Labute approximate surface area is 155 Å². The Morgan fingerprint density at radius 1 is 1.22 bits per heavy atom. The number of amides is 1. The molecule has 0 aliphatic carbocycles. The van der Waals surface area contributed by atoms with Crippen molar-refractivity contribution in [3.05, 3.63) is 64.1 Å². The van der Waals surface area contributed by atoms with E-state index >= 15 is 0 Å². The lowest BCUT2D eigenvalue weighted by Gasteiger charge is -2.08. The maximum Gasteiger partial charge on any atom is 0.417 e. The normalized spacial score (nSPS) is 11.6. The largest absolute Gasteiger partial charge is 0.423 e. The minimum absolute atomic E-state index is 0.253. The number of nitrogens with zero attached hydrogens (tertiary/aromatic N) is 1. The van der Waals surface area contributed by atoms with Crippen LogP contribution in [0.4, 0.5) is 18.9 Å². The predicted octanol–water partition coefficient (Wildman–Crippen LogP) is 4.46. The van der Waals surface area contributed by atoms with E-state index in [2.05, 4.69) is 10.3 Å². The highest BCUT2D eigenvalue weighted by molar-refractivity contribution is 7.98. The number of pyridine rings is 1. The number of alkyl halides is 3. The molecule has 2 aromatic heterocycles. The molecule has 1 amide bonds. The van der Waals surface area contributed by atoms with E-state index in [9.17, 15) is 22.8 Å². The summed E-state index contributed by atoms with van der Waals surface area (Å²) in [4.78, 5) is 26.7. The van der Waals surface area contributed by atoms with Crippen LogP contribution in [0.2, 0.25) is 0 Å². The van der Waals surface area contributed by atoms with E-state index in [1.165, 1.54) is 30.8 Å². The molecule has 0 atom stereocenters. The molecular formula is C18H13F3N2O3S. The first-order valence-electron chi connectivity index (χ1n) is 7.73. The van der Waals surface area contributed by atoms with E-state index in [1.54, 1.807) is 18.2 Å². The molecule has 0 spiro atoms. The zero-order valence-electron chi connectivity index (χ0n) is 14.0. The zero-order chi connectivity index (χ0) is 19.6. The Hall–Kier alpha value is -2.81. The van der Waals surface area contributed by atoms with Gasteiger partial charge in [-0.2, -0.15) is 13.2 Å². The summed E-state index contributed by atoms with van der Waals surface area (Å²) >= 11 is 1.20. The fourth-order valence-corrected chi connectivity index (χ4v) is 3.25. The molecular weight excluding hydrogens is 381 g/mol. The predicted molar refractivity (Wildman–Crippen MR) is 95.6 cm³/mol. The Morgan fingerprint density at radius 3 is 2.63 bits per heavy atom. The molecule has 1 aromatic carbocycles. The van der Waals surface area contributed by atoms with Crippen LogP contribution in [0.5, 0.6) is 0 Å². The first-order valence-corrected chi connectivity index (χ1v) is 8.71. The van der Waals surface area contributed by atoms with Crippen LogP contribution in [-0.4, -0.2) is 10.9 Å². The molecule has 9 heteroatoms. The van der Waals surface area contributed by atoms with Crippen molar-refractivity contribution < 1.29 is 22.4 Å². The highest BCUT2D eigenvalue weighted by atomic mass is 32.2. The quantitative estimate of drug-likeness (QED) is 0.523. The van der Waals surface area contributed by atoms with Crippen LogP contribution in [0.3, 0.4) is 0 Å². The first kappa shape index (κ1) is 19.0. The monoisotopic (exact) mass is 394 g/mol. The standard InChI is InChI=1S/C18H13F3N2O3S/c1-10(24)23-13-3-4-14-11(6-17(25)26-15(14)7-13)9-27-16-5-2-12(8-22-16)18(19,20)21/h2-8H,9H2,1H3,(H,23,24). The van der Waals surface area contributed by atoms with Crippen LogP contribution in [0.1, 0.15) is 18.1 Å². The maximum atomic E-state index is 12.6. The van der Waals surface area contributed by atoms with Crippen molar-refractivity contribution in [1.82, 2.24) is 4.98 Å². The molecule has 0 aliphatic heterocycles. The second-order valence-corrected chi connectivity index (χ2v) is 6.65. The maximum absolute atomic E-state index is 12.6. The fraction of sp³-hybridized carbons (Fsp3) is 0.167. The van der Waals surface area contributed by atoms with Crippen LogP contribution >= 0.6 is 11.8 Å². The van der Waals surface area contributed by atoms with Gasteiger partial charge < -0.3 is 9.73 Å². The van der Waals surface area contributed by atoms with Crippen molar-refractivity contribution in [1.29, 1.82) is 0 Å². The summed E-state index contributed by atoms with van der Waals surface area (Å²) in [5.41, 5.74) is 0.0843. The Morgan fingerprint density at radius 2 is 2.00 bits per heavy atom. The molecule has 0 bridgehead atoms. The lowest BCUT2D eigenvalue weighted by Crippen LogP contribution is -2.06.